The lowest BCUT2D eigenvalue weighted by atomic mass is 9.77. The van der Waals surface area contributed by atoms with E-state index in [0.29, 0.717) is 61.9 Å². The van der Waals surface area contributed by atoms with Gasteiger partial charge in [0.25, 0.3) is 0 Å². The fourth-order valence-corrected chi connectivity index (χ4v) is 8.24. The van der Waals surface area contributed by atoms with Gasteiger partial charge >= 0.3 is 23.9 Å². The minimum absolute atomic E-state index is 0.0907. The lowest BCUT2D eigenvalue weighted by Crippen LogP contribution is -2.52. The summed E-state index contributed by atoms with van der Waals surface area (Å²) in [4.78, 5) is 83.2. The number of aliphatic imine (C=N–C) groups is 2. The summed E-state index contributed by atoms with van der Waals surface area (Å²) in [5.41, 5.74) is 0.0458. The summed E-state index contributed by atoms with van der Waals surface area (Å²) in [5.74, 6) is -17.4. The zero-order valence-electron chi connectivity index (χ0n) is 36.7. The van der Waals surface area contributed by atoms with Crippen LogP contribution in [0.3, 0.4) is 0 Å². The maximum absolute atomic E-state index is 15.3. The van der Waals surface area contributed by atoms with Crippen molar-refractivity contribution in [1.29, 1.82) is 0 Å². The van der Waals surface area contributed by atoms with E-state index < -0.39 is 71.1 Å². The van der Waals surface area contributed by atoms with Crippen LogP contribution in [0.1, 0.15) is 93.6 Å². The van der Waals surface area contributed by atoms with Gasteiger partial charge in [0.15, 0.2) is 11.6 Å². The number of carbonyl (C=O) groups excluding carboxylic acids is 5. The minimum Gasteiger partial charge on any atom is -0.477 e. The summed E-state index contributed by atoms with van der Waals surface area (Å²) in [6, 6.07) is 16.8. The molecule has 4 N–H and O–H groups in total. The van der Waals surface area contributed by atoms with E-state index >= 15 is 4.39 Å². The van der Waals surface area contributed by atoms with Crippen LogP contribution in [0.15, 0.2) is 76.7 Å². The number of carbonyl (C=O) groups is 6. The first-order chi connectivity index (χ1) is 31.1. The number of Topliss-reactive ketones (excluding diaryl/α,β-unsaturated/α-hetero) is 2. The van der Waals surface area contributed by atoms with Gasteiger partial charge in [-0.1, -0.05) is 30.3 Å². The highest BCUT2D eigenvalue weighted by Crippen LogP contribution is 2.38. The molecular weight excluding hydrogens is 870 g/mol. The van der Waals surface area contributed by atoms with Crippen LogP contribution in [-0.2, 0) is 30.3 Å². The molecule has 0 spiro atoms. The Labute approximate surface area is 378 Å². The Hall–Kier alpha value is -6.33. The predicted octanol–water partition coefficient (Wildman–Crippen LogP) is 8.24. The lowest BCUT2D eigenvalue weighted by Gasteiger charge is -2.29. The van der Waals surface area contributed by atoms with E-state index in [-0.39, 0.29) is 65.4 Å². The van der Waals surface area contributed by atoms with Crippen LogP contribution >= 0.6 is 0 Å². The number of amidine groups is 1. The number of carboxylic acids is 1. The predicted molar refractivity (Wildman–Crippen MR) is 234 cm³/mol. The normalized spacial score (nSPS) is 19.5. The number of anilines is 1. The number of nitrogens with zero attached hydrogens (tertiary/aromatic N) is 2. The van der Waals surface area contributed by atoms with Crippen LogP contribution in [0.4, 0.5) is 32.4 Å². The molecule has 0 unspecified atom stereocenters. The van der Waals surface area contributed by atoms with Gasteiger partial charge < -0.3 is 25.8 Å². The number of rotatable bonds is 17. The standard InChI is InChI=1S/C48H52F5N5O8/c1-46(2,3)66-45(65)56-25-28-8-12-30(13-9-28)38(59)24-34(43(62)57-35-17-14-31(15-18-35)41-55-26-40(58-41)47(50,51)48(52,53)44(63)64)21-27-6-10-29(11-7-27)32-16-19-36(37(49)22-32)39(60)23-33-5-4-20-54-42(33)61/h6-7,10-11,14-19,22,28,30,33-34H,4-5,8-9,12-13,20-21,23-26H2,1-3H3,(H,54,61)(H,56,65)(H,57,62)(H,63,64)/t28?,30?,33-,34+/m0/s1. The number of nitrogens with one attached hydrogen (secondary N) is 3. The molecule has 3 aliphatic rings. The number of piperidine rings is 1. The molecule has 2 atom stereocenters. The van der Waals surface area contributed by atoms with Gasteiger partial charge in [-0.3, -0.25) is 24.2 Å². The number of carboxylic acid groups (broad SMARTS) is 1. The minimum atomic E-state index is -5.41. The third-order valence-electron chi connectivity index (χ3n) is 12.0. The molecule has 1 saturated heterocycles. The zero-order chi connectivity index (χ0) is 48.0. The first-order valence-electron chi connectivity index (χ1n) is 21.8. The molecular formula is C48H52F5N5O8. The van der Waals surface area contributed by atoms with Crippen LogP contribution in [0.25, 0.3) is 11.1 Å². The van der Waals surface area contributed by atoms with Crippen LogP contribution in [-0.4, -0.2) is 89.2 Å². The van der Waals surface area contributed by atoms with Crippen molar-refractivity contribution < 1.29 is 60.6 Å². The summed E-state index contributed by atoms with van der Waals surface area (Å²) in [5, 5.41) is 17.0. The second-order valence-electron chi connectivity index (χ2n) is 18.0. The quantitative estimate of drug-likeness (QED) is 0.0768. The topological polar surface area (TPSA) is 193 Å². The number of hydrogen-bond acceptors (Lipinski definition) is 9. The number of amides is 3. The maximum atomic E-state index is 15.3. The number of ketones is 2. The van der Waals surface area contributed by atoms with Gasteiger partial charge in [0.05, 0.1) is 12.1 Å². The highest BCUT2D eigenvalue weighted by molar-refractivity contribution is 6.15. The first-order valence-corrected chi connectivity index (χ1v) is 21.8. The lowest BCUT2D eigenvalue weighted by molar-refractivity contribution is -0.202. The van der Waals surface area contributed by atoms with Crippen LogP contribution < -0.4 is 16.0 Å². The Balaban J connectivity index is 1.13. The maximum Gasteiger partial charge on any atom is 0.409 e. The molecule has 13 nitrogen and oxygen atoms in total. The van der Waals surface area contributed by atoms with Crippen molar-refractivity contribution in [1.82, 2.24) is 10.6 Å². The molecule has 66 heavy (non-hydrogen) atoms. The van der Waals surface area contributed by atoms with Crippen molar-refractivity contribution in [3.05, 3.63) is 89.2 Å². The molecule has 2 fully saturated rings. The summed E-state index contributed by atoms with van der Waals surface area (Å²) >= 11 is 0. The summed E-state index contributed by atoms with van der Waals surface area (Å²) in [6.45, 7) is 5.32. The highest BCUT2D eigenvalue weighted by Gasteiger charge is 2.66. The van der Waals surface area contributed by atoms with Gasteiger partial charge in [0, 0.05) is 54.9 Å². The van der Waals surface area contributed by atoms with Crippen molar-refractivity contribution in [2.24, 2.45) is 33.7 Å². The summed E-state index contributed by atoms with van der Waals surface area (Å²) < 4.78 is 77.0. The largest absolute Gasteiger partial charge is 0.477 e. The van der Waals surface area contributed by atoms with Crippen molar-refractivity contribution in [2.75, 3.05) is 25.0 Å². The summed E-state index contributed by atoms with van der Waals surface area (Å²) in [6.07, 6.45) is 3.21. The second kappa shape index (κ2) is 20.5. The molecule has 3 aromatic rings. The van der Waals surface area contributed by atoms with Gasteiger partial charge in [-0.25, -0.2) is 19.0 Å². The molecule has 1 saturated carbocycles. The monoisotopic (exact) mass is 921 g/mol. The van der Waals surface area contributed by atoms with Crippen LogP contribution in [0, 0.1) is 29.5 Å². The van der Waals surface area contributed by atoms with Crippen molar-refractivity contribution in [3.8, 4) is 11.1 Å². The molecule has 3 aromatic carbocycles. The smallest absolute Gasteiger partial charge is 0.409 e. The zero-order valence-corrected chi connectivity index (χ0v) is 36.7. The highest BCUT2D eigenvalue weighted by atomic mass is 19.3. The Morgan fingerprint density at radius 1 is 0.879 bits per heavy atom. The Bertz CT molecular complexity index is 2390. The summed E-state index contributed by atoms with van der Waals surface area (Å²) in [7, 11) is 0. The van der Waals surface area contributed by atoms with Crippen LogP contribution in [0.5, 0.6) is 0 Å². The fraction of sp³-hybridized carbons (Fsp3) is 0.458. The van der Waals surface area contributed by atoms with Gasteiger partial charge in [-0.2, -0.15) is 17.6 Å². The first kappa shape index (κ1) is 49.1. The number of aliphatic carboxylic acids is 1. The van der Waals surface area contributed by atoms with Crippen molar-refractivity contribution in [3.63, 3.8) is 0 Å². The van der Waals surface area contributed by atoms with Gasteiger partial charge in [0.1, 0.15) is 22.9 Å². The van der Waals surface area contributed by atoms with Crippen LogP contribution in [0.2, 0.25) is 0 Å². The number of hydrogen-bond donors (Lipinski definition) is 4. The molecule has 1 aliphatic carbocycles. The molecule has 6 rings (SSSR count). The van der Waals surface area contributed by atoms with E-state index in [1.54, 1.807) is 51.1 Å². The molecule has 18 heteroatoms. The van der Waals surface area contributed by atoms with E-state index in [9.17, 15) is 46.3 Å². The third-order valence-corrected chi connectivity index (χ3v) is 12.0. The van der Waals surface area contributed by atoms with Gasteiger partial charge in [-0.15, -0.1) is 0 Å². The number of halogens is 5. The number of alkyl halides is 4. The molecule has 2 aliphatic heterocycles. The number of benzene rings is 3. The second-order valence-corrected chi connectivity index (χ2v) is 18.0. The molecule has 0 radical (unpaired) electrons. The molecule has 0 aromatic heterocycles. The van der Waals surface area contributed by atoms with E-state index in [1.807, 2.05) is 0 Å². The van der Waals surface area contributed by atoms with E-state index in [0.717, 1.165) is 6.42 Å². The Kier molecular flexibility index (Phi) is 15.2. The van der Waals surface area contributed by atoms with E-state index in [2.05, 4.69) is 25.9 Å². The molecule has 3 amide bonds. The van der Waals surface area contributed by atoms with E-state index in [1.165, 1.54) is 36.4 Å². The number of alkyl carbamates (subject to hydrolysis) is 1. The third kappa shape index (κ3) is 12.1. The average molecular weight is 922 g/mol. The Morgan fingerprint density at radius 3 is 2.15 bits per heavy atom. The van der Waals surface area contributed by atoms with E-state index in [4.69, 9.17) is 9.84 Å². The molecule has 352 valence electrons. The SMILES string of the molecule is CC(C)(C)OC(=O)NCC1CCC(C(=O)C[C@@H](Cc2ccc(-c3ccc(C(=O)C[C@@H]4CCCNC4=O)c(F)c3)cc2)C(=O)Nc2ccc(C3=NCC(C(F)(F)C(F)(F)C(=O)O)=N3)cc2)CC1. The van der Waals surface area contributed by atoms with Crippen molar-refractivity contribution in [2.45, 2.75) is 96.0 Å². The fourth-order valence-electron chi connectivity index (χ4n) is 8.24. The number of ether oxygens (including phenoxy) is 1. The molecule has 2 heterocycles. The Morgan fingerprint density at radius 2 is 1.53 bits per heavy atom. The average Bonchev–Trinajstić information content (AvgIpc) is 3.78. The van der Waals surface area contributed by atoms with Gasteiger partial charge in [-0.05, 0) is 125 Å². The van der Waals surface area contributed by atoms with Gasteiger partial charge in [0.2, 0.25) is 11.8 Å². The van der Waals surface area contributed by atoms with Crippen molar-refractivity contribution >= 4 is 52.7 Å². The molecule has 0 bridgehead atoms.